The molecule has 17 heavy (non-hydrogen) atoms. The number of amides is 1. The number of hydrogen-bond donors (Lipinski definition) is 1. The number of rotatable bonds is 4. The van der Waals surface area contributed by atoms with Crippen molar-refractivity contribution >= 4 is 12.0 Å². The Hall–Kier alpha value is -2.48. The molecule has 0 radical (unpaired) electrons. The Bertz CT molecular complexity index is 501. The molecule has 0 spiro atoms. The molecule has 0 heterocycles. The highest BCUT2D eigenvalue weighted by molar-refractivity contribution is 6.00. The van der Waals surface area contributed by atoms with Crippen molar-refractivity contribution in [2.24, 2.45) is 5.73 Å². The van der Waals surface area contributed by atoms with Crippen molar-refractivity contribution < 1.29 is 14.3 Å². The van der Waals surface area contributed by atoms with Gasteiger partial charge in [-0.2, -0.15) is 5.26 Å². The molecule has 5 nitrogen and oxygen atoms in total. The van der Waals surface area contributed by atoms with Gasteiger partial charge in [0.25, 0.3) is 5.91 Å². The second-order valence-corrected chi connectivity index (χ2v) is 3.15. The molecule has 1 aromatic carbocycles. The average Bonchev–Trinajstić information content (AvgIpc) is 2.35. The summed E-state index contributed by atoms with van der Waals surface area (Å²) in [4.78, 5) is 10.9. The summed E-state index contributed by atoms with van der Waals surface area (Å²) < 4.78 is 10.2. The van der Waals surface area contributed by atoms with Crippen molar-refractivity contribution in [3.05, 3.63) is 29.3 Å². The third-order valence-corrected chi connectivity index (χ3v) is 2.10. The Kier molecular flexibility index (Phi) is 4.12. The van der Waals surface area contributed by atoms with Gasteiger partial charge >= 0.3 is 0 Å². The monoisotopic (exact) mass is 232 g/mol. The molecule has 0 aliphatic heterocycles. The minimum absolute atomic E-state index is 0.114. The summed E-state index contributed by atoms with van der Waals surface area (Å²) in [7, 11) is 3.03. The van der Waals surface area contributed by atoms with E-state index in [4.69, 9.17) is 20.5 Å². The first-order chi connectivity index (χ1) is 8.12. The van der Waals surface area contributed by atoms with Crippen LogP contribution in [-0.2, 0) is 4.79 Å². The lowest BCUT2D eigenvalue weighted by atomic mass is 10.1. The molecule has 0 atom stereocenters. The van der Waals surface area contributed by atoms with Crippen LogP contribution in [0.1, 0.15) is 5.56 Å². The molecule has 0 aromatic heterocycles. The maximum Gasteiger partial charge on any atom is 0.259 e. The highest BCUT2D eigenvalue weighted by Gasteiger charge is 2.06. The first-order valence-electron chi connectivity index (χ1n) is 4.76. The minimum Gasteiger partial charge on any atom is -0.493 e. The van der Waals surface area contributed by atoms with E-state index >= 15 is 0 Å². The van der Waals surface area contributed by atoms with Crippen LogP contribution in [0.3, 0.4) is 0 Å². The van der Waals surface area contributed by atoms with Crippen LogP contribution in [0.4, 0.5) is 0 Å². The molecule has 88 valence electrons. The van der Waals surface area contributed by atoms with Crippen LogP contribution in [0, 0.1) is 11.3 Å². The Morgan fingerprint density at radius 2 is 2.00 bits per heavy atom. The summed E-state index contributed by atoms with van der Waals surface area (Å²) in [6.07, 6.45) is 1.39. The highest BCUT2D eigenvalue weighted by Crippen LogP contribution is 2.28. The van der Waals surface area contributed by atoms with Gasteiger partial charge in [0.2, 0.25) is 0 Å². The first kappa shape index (κ1) is 12.6. The predicted molar refractivity (Wildman–Crippen MR) is 62.3 cm³/mol. The van der Waals surface area contributed by atoms with Crippen LogP contribution in [0.15, 0.2) is 23.8 Å². The van der Waals surface area contributed by atoms with Gasteiger partial charge in [-0.3, -0.25) is 4.79 Å². The molecule has 0 bridgehead atoms. The lowest BCUT2D eigenvalue weighted by molar-refractivity contribution is -0.114. The fourth-order valence-electron chi connectivity index (χ4n) is 1.27. The molecule has 0 unspecified atom stereocenters. The Balaban J connectivity index is 3.17. The number of nitriles is 1. The van der Waals surface area contributed by atoms with Crippen LogP contribution < -0.4 is 15.2 Å². The van der Waals surface area contributed by atoms with Gasteiger partial charge in [-0.1, -0.05) is 6.07 Å². The fraction of sp³-hybridized carbons (Fsp3) is 0.167. The molecule has 5 heteroatoms. The average molecular weight is 232 g/mol. The quantitative estimate of drug-likeness (QED) is 0.622. The van der Waals surface area contributed by atoms with E-state index in [9.17, 15) is 4.79 Å². The van der Waals surface area contributed by atoms with Gasteiger partial charge in [-0.25, -0.2) is 0 Å². The summed E-state index contributed by atoms with van der Waals surface area (Å²) in [5.74, 6) is 0.326. The van der Waals surface area contributed by atoms with Gasteiger partial charge in [0.1, 0.15) is 11.6 Å². The Morgan fingerprint density at radius 3 is 2.47 bits per heavy atom. The van der Waals surface area contributed by atoms with Crippen LogP contribution in [0.5, 0.6) is 11.5 Å². The number of nitrogens with two attached hydrogens (primary N) is 1. The van der Waals surface area contributed by atoms with E-state index in [-0.39, 0.29) is 5.57 Å². The van der Waals surface area contributed by atoms with Crippen molar-refractivity contribution in [3.63, 3.8) is 0 Å². The topological polar surface area (TPSA) is 85.3 Å². The zero-order valence-corrected chi connectivity index (χ0v) is 9.56. The molecule has 1 aromatic rings. The smallest absolute Gasteiger partial charge is 0.259 e. The van der Waals surface area contributed by atoms with Crippen molar-refractivity contribution in [1.29, 1.82) is 5.26 Å². The second kappa shape index (κ2) is 5.56. The maximum absolute atomic E-state index is 10.9. The molecule has 0 saturated heterocycles. The number of carbonyl (C=O) groups excluding carboxylic acids is 1. The number of hydrogen-bond acceptors (Lipinski definition) is 4. The van der Waals surface area contributed by atoms with Crippen molar-refractivity contribution in [2.45, 2.75) is 0 Å². The van der Waals surface area contributed by atoms with Crippen LogP contribution in [0.25, 0.3) is 6.08 Å². The Morgan fingerprint density at radius 1 is 1.35 bits per heavy atom. The first-order valence-corrected chi connectivity index (χ1v) is 4.76. The molecule has 0 saturated carbocycles. The lowest BCUT2D eigenvalue weighted by Crippen LogP contribution is -2.12. The van der Waals surface area contributed by atoms with Crippen molar-refractivity contribution in [1.82, 2.24) is 0 Å². The van der Waals surface area contributed by atoms with Crippen molar-refractivity contribution in [3.8, 4) is 17.6 Å². The standard InChI is InChI=1S/C12H12N2O3/c1-16-10-4-3-8(6-11(10)17-2)5-9(7-13)12(14)15/h3-6H,1-2H3,(H2,14,15)/b9-5-. The molecular formula is C12H12N2O3. The van der Waals surface area contributed by atoms with Gasteiger partial charge in [0.15, 0.2) is 11.5 Å². The maximum atomic E-state index is 10.9. The van der Waals surface area contributed by atoms with Gasteiger partial charge in [0.05, 0.1) is 14.2 Å². The zero-order valence-electron chi connectivity index (χ0n) is 9.56. The third kappa shape index (κ3) is 2.98. The van der Waals surface area contributed by atoms with Gasteiger partial charge < -0.3 is 15.2 Å². The molecular weight excluding hydrogens is 220 g/mol. The van der Waals surface area contributed by atoms with E-state index in [0.29, 0.717) is 17.1 Å². The number of primary amides is 1. The summed E-state index contributed by atoms with van der Waals surface area (Å²) >= 11 is 0. The van der Waals surface area contributed by atoms with Gasteiger partial charge in [0, 0.05) is 0 Å². The summed E-state index contributed by atoms with van der Waals surface area (Å²) in [5.41, 5.74) is 5.56. The third-order valence-electron chi connectivity index (χ3n) is 2.10. The molecule has 0 aliphatic rings. The summed E-state index contributed by atoms with van der Waals surface area (Å²) in [6, 6.07) is 6.76. The highest BCUT2D eigenvalue weighted by atomic mass is 16.5. The Labute approximate surface area is 99.1 Å². The second-order valence-electron chi connectivity index (χ2n) is 3.15. The number of carbonyl (C=O) groups is 1. The summed E-state index contributed by atoms with van der Waals surface area (Å²) in [6.45, 7) is 0. The number of ether oxygens (including phenoxy) is 2. The number of methoxy groups -OCH3 is 2. The molecule has 1 rings (SSSR count). The van der Waals surface area contributed by atoms with Gasteiger partial charge in [-0.15, -0.1) is 0 Å². The minimum atomic E-state index is -0.762. The van der Waals surface area contributed by atoms with E-state index < -0.39 is 5.91 Å². The van der Waals surface area contributed by atoms with E-state index in [1.165, 1.54) is 20.3 Å². The number of benzene rings is 1. The molecule has 2 N–H and O–H groups in total. The summed E-state index contributed by atoms with van der Waals surface area (Å²) in [5, 5.41) is 8.71. The van der Waals surface area contributed by atoms with E-state index in [1.54, 1.807) is 24.3 Å². The van der Waals surface area contributed by atoms with Gasteiger partial charge in [-0.05, 0) is 23.8 Å². The lowest BCUT2D eigenvalue weighted by Gasteiger charge is -2.07. The van der Waals surface area contributed by atoms with E-state index in [2.05, 4.69) is 0 Å². The number of nitrogens with zero attached hydrogens (tertiary/aromatic N) is 1. The fourth-order valence-corrected chi connectivity index (χ4v) is 1.27. The molecule has 0 fully saturated rings. The van der Waals surface area contributed by atoms with Crippen LogP contribution in [0.2, 0.25) is 0 Å². The largest absolute Gasteiger partial charge is 0.493 e. The SMILES string of the molecule is COc1ccc(/C=C(/C#N)C(N)=O)cc1OC. The van der Waals surface area contributed by atoms with E-state index in [0.717, 1.165) is 0 Å². The van der Waals surface area contributed by atoms with Crippen molar-refractivity contribution in [2.75, 3.05) is 14.2 Å². The molecule has 0 aliphatic carbocycles. The van der Waals surface area contributed by atoms with Crippen LogP contribution in [-0.4, -0.2) is 20.1 Å². The van der Waals surface area contributed by atoms with Crippen LogP contribution >= 0.6 is 0 Å². The van der Waals surface area contributed by atoms with E-state index in [1.807, 2.05) is 0 Å². The normalized spacial score (nSPS) is 10.5. The zero-order chi connectivity index (χ0) is 12.8. The molecule has 1 amide bonds. The predicted octanol–water partition coefficient (Wildman–Crippen LogP) is 1.10.